The molecule has 8 nitrogen and oxygen atoms in total. The monoisotopic (exact) mass is 402 g/mol. The summed E-state index contributed by atoms with van der Waals surface area (Å²) in [6.45, 7) is 4.29. The zero-order valence-corrected chi connectivity index (χ0v) is 17.5. The van der Waals surface area contributed by atoms with Gasteiger partial charge in [0.25, 0.3) is 5.91 Å². The number of aliphatic imine (C=N–C) groups is 1. The summed E-state index contributed by atoms with van der Waals surface area (Å²) in [5.41, 5.74) is 0.833. The number of likely N-dealkylation sites (N-methyl/N-ethyl adjacent to an activating group) is 1. The average Bonchev–Trinajstić information content (AvgIpc) is 3.17. The molecule has 0 aliphatic rings. The van der Waals surface area contributed by atoms with Crippen LogP contribution in [-0.4, -0.2) is 64.2 Å². The number of carbonyl (C=O) groups is 1. The molecule has 2 aromatic rings. The first-order chi connectivity index (χ1) is 14.0. The summed E-state index contributed by atoms with van der Waals surface area (Å²) in [6, 6.07) is 9.26. The van der Waals surface area contributed by atoms with E-state index in [1.54, 1.807) is 20.2 Å². The number of aryl methyl sites for hydroxylation is 1. The van der Waals surface area contributed by atoms with Crippen LogP contribution in [-0.2, 0) is 0 Å². The van der Waals surface area contributed by atoms with E-state index in [9.17, 15) is 4.79 Å². The third-order valence-electron chi connectivity index (χ3n) is 4.32. The fourth-order valence-electron chi connectivity index (χ4n) is 2.64. The van der Waals surface area contributed by atoms with Crippen molar-refractivity contribution in [3.05, 3.63) is 47.9 Å². The van der Waals surface area contributed by atoms with Gasteiger partial charge in [-0.25, -0.2) is 0 Å². The molecule has 0 saturated carbocycles. The Hall–Kier alpha value is -3.16. The van der Waals surface area contributed by atoms with E-state index in [2.05, 4.69) is 15.6 Å². The number of carbonyl (C=O) groups excluding carboxylic acids is 1. The maximum atomic E-state index is 12.0. The first-order valence-corrected chi connectivity index (χ1v) is 9.56. The standard InChI is InChI=1S/C21H30N4O4/c1-16-10-14-29-19(16)20(26)23-11-5-12-24-21(22-2)25(3)13-15-28-18-8-6-17(27-4)7-9-18/h6-10,14H,5,11-13,15H2,1-4H3,(H,22,24)(H,23,26). The molecule has 0 unspecified atom stereocenters. The minimum absolute atomic E-state index is 0.190. The molecule has 1 aromatic heterocycles. The molecule has 158 valence electrons. The van der Waals surface area contributed by atoms with Crippen LogP contribution in [0.5, 0.6) is 11.5 Å². The minimum Gasteiger partial charge on any atom is -0.497 e. The van der Waals surface area contributed by atoms with Crippen LogP contribution in [0.3, 0.4) is 0 Å². The summed E-state index contributed by atoms with van der Waals surface area (Å²) in [5.74, 6) is 2.55. The largest absolute Gasteiger partial charge is 0.497 e. The Kier molecular flexibility index (Phi) is 8.88. The summed E-state index contributed by atoms with van der Waals surface area (Å²) < 4.78 is 16.1. The lowest BCUT2D eigenvalue weighted by Crippen LogP contribution is -2.41. The van der Waals surface area contributed by atoms with Crippen molar-refractivity contribution < 1.29 is 18.7 Å². The number of furan rings is 1. The molecule has 0 aliphatic heterocycles. The predicted octanol–water partition coefficient (Wildman–Crippen LogP) is 2.30. The molecule has 1 amide bonds. The lowest BCUT2D eigenvalue weighted by atomic mass is 10.2. The molecule has 0 radical (unpaired) electrons. The molecule has 0 aliphatic carbocycles. The molecule has 0 saturated heterocycles. The highest BCUT2D eigenvalue weighted by atomic mass is 16.5. The highest BCUT2D eigenvalue weighted by molar-refractivity contribution is 5.92. The van der Waals surface area contributed by atoms with Crippen molar-refractivity contribution in [2.24, 2.45) is 4.99 Å². The van der Waals surface area contributed by atoms with Crippen molar-refractivity contribution >= 4 is 11.9 Å². The second kappa shape index (κ2) is 11.6. The summed E-state index contributed by atoms with van der Waals surface area (Å²) >= 11 is 0. The first-order valence-electron chi connectivity index (χ1n) is 9.56. The second-order valence-electron chi connectivity index (χ2n) is 6.46. The number of hydrogen-bond acceptors (Lipinski definition) is 5. The minimum atomic E-state index is -0.190. The Bertz CT molecular complexity index is 786. The zero-order chi connectivity index (χ0) is 21.1. The summed E-state index contributed by atoms with van der Waals surface area (Å²) in [4.78, 5) is 18.3. The van der Waals surface area contributed by atoms with Crippen LogP contribution in [0, 0.1) is 6.92 Å². The quantitative estimate of drug-likeness (QED) is 0.360. The van der Waals surface area contributed by atoms with Gasteiger partial charge in [0.2, 0.25) is 0 Å². The van der Waals surface area contributed by atoms with Crippen LogP contribution < -0.4 is 20.1 Å². The molecule has 2 N–H and O–H groups in total. The summed E-state index contributed by atoms with van der Waals surface area (Å²) in [6.07, 6.45) is 2.28. The van der Waals surface area contributed by atoms with Gasteiger partial charge in [0.15, 0.2) is 11.7 Å². The lowest BCUT2D eigenvalue weighted by molar-refractivity contribution is 0.0925. The predicted molar refractivity (Wildman–Crippen MR) is 113 cm³/mol. The van der Waals surface area contributed by atoms with Gasteiger partial charge >= 0.3 is 0 Å². The second-order valence-corrected chi connectivity index (χ2v) is 6.46. The van der Waals surface area contributed by atoms with E-state index in [4.69, 9.17) is 13.9 Å². The SMILES string of the molecule is CN=C(NCCCNC(=O)c1occc1C)N(C)CCOc1ccc(OC)cc1. The lowest BCUT2D eigenvalue weighted by Gasteiger charge is -2.22. The smallest absolute Gasteiger partial charge is 0.287 e. The number of nitrogens with one attached hydrogen (secondary N) is 2. The fourth-order valence-corrected chi connectivity index (χ4v) is 2.64. The Labute approximate surface area is 171 Å². The molecule has 0 bridgehead atoms. The molecule has 1 aromatic carbocycles. The van der Waals surface area contributed by atoms with Crippen LogP contribution in [0.25, 0.3) is 0 Å². The van der Waals surface area contributed by atoms with Crippen LogP contribution >= 0.6 is 0 Å². The number of nitrogens with zero attached hydrogens (tertiary/aromatic N) is 2. The van der Waals surface area contributed by atoms with Crippen LogP contribution in [0.15, 0.2) is 46.0 Å². The van der Waals surface area contributed by atoms with Crippen molar-refractivity contribution in [3.63, 3.8) is 0 Å². The molecule has 8 heteroatoms. The van der Waals surface area contributed by atoms with Crippen LogP contribution in [0.2, 0.25) is 0 Å². The fraction of sp³-hybridized carbons (Fsp3) is 0.429. The van der Waals surface area contributed by atoms with Gasteiger partial charge in [0, 0.05) is 32.7 Å². The van der Waals surface area contributed by atoms with E-state index in [1.807, 2.05) is 43.1 Å². The van der Waals surface area contributed by atoms with Gasteiger partial charge in [0.05, 0.1) is 19.9 Å². The Morgan fingerprint density at radius 2 is 1.83 bits per heavy atom. The number of methoxy groups -OCH3 is 1. The van der Waals surface area contributed by atoms with E-state index < -0.39 is 0 Å². The van der Waals surface area contributed by atoms with Gasteiger partial charge < -0.3 is 29.4 Å². The molecular formula is C21H30N4O4. The Morgan fingerprint density at radius 3 is 2.45 bits per heavy atom. The van der Waals surface area contributed by atoms with E-state index in [1.165, 1.54) is 6.26 Å². The van der Waals surface area contributed by atoms with Gasteiger partial charge in [0.1, 0.15) is 18.1 Å². The molecule has 29 heavy (non-hydrogen) atoms. The van der Waals surface area contributed by atoms with Gasteiger partial charge in [-0.05, 0) is 43.7 Å². The van der Waals surface area contributed by atoms with E-state index in [0.717, 1.165) is 29.4 Å². The van der Waals surface area contributed by atoms with Crippen molar-refractivity contribution in [1.82, 2.24) is 15.5 Å². The Morgan fingerprint density at radius 1 is 1.14 bits per heavy atom. The highest BCUT2D eigenvalue weighted by Gasteiger charge is 2.11. The molecule has 0 fully saturated rings. The summed E-state index contributed by atoms with van der Waals surface area (Å²) in [7, 11) is 5.33. The van der Waals surface area contributed by atoms with Crippen LogP contribution in [0.1, 0.15) is 22.5 Å². The maximum absolute atomic E-state index is 12.0. The maximum Gasteiger partial charge on any atom is 0.287 e. The van der Waals surface area contributed by atoms with E-state index >= 15 is 0 Å². The molecule has 2 rings (SSSR count). The number of guanidine groups is 1. The third-order valence-corrected chi connectivity index (χ3v) is 4.32. The normalized spacial score (nSPS) is 11.1. The van der Waals surface area contributed by atoms with Crippen molar-refractivity contribution in [2.45, 2.75) is 13.3 Å². The van der Waals surface area contributed by atoms with Gasteiger partial charge in [-0.1, -0.05) is 0 Å². The van der Waals surface area contributed by atoms with E-state index in [-0.39, 0.29) is 5.91 Å². The Balaban J connectivity index is 1.63. The number of benzene rings is 1. The van der Waals surface area contributed by atoms with Gasteiger partial charge in [-0.2, -0.15) is 0 Å². The van der Waals surface area contributed by atoms with E-state index in [0.29, 0.717) is 32.0 Å². The first kappa shape index (κ1) is 22.1. The molecule has 0 spiro atoms. The van der Waals surface area contributed by atoms with Crippen molar-refractivity contribution in [1.29, 1.82) is 0 Å². The van der Waals surface area contributed by atoms with Crippen LogP contribution in [0.4, 0.5) is 0 Å². The third kappa shape index (κ3) is 7.06. The highest BCUT2D eigenvalue weighted by Crippen LogP contribution is 2.16. The van der Waals surface area contributed by atoms with Crippen molar-refractivity contribution in [3.8, 4) is 11.5 Å². The van der Waals surface area contributed by atoms with Gasteiger partial charge in [-0.15, -0.1) is 0 Å². The number of rotatable bonds is 10. The zero-order valence-electron chi connectivity index (χ0n) is 17.5. The average molecular weight is 402 g/mol. The van der Waals surface area contributed by atoms with Gasteiger partial charge in [-0.3, -0.25) is 9.79 Å². The number of ether oxygens (including phenoxy) is 2. The number of hydrogen-bond donors (Lipinski definition) is 2. The van der Waals surface area contributed by atoms with Crippen molar-refractivity contribution in [2.75, 3.05) is 47.4 Å². The molecule has 1 heterocycles. The number of amides is 1. The summed E-state index contributed by atoms with van der Waals surface area (Å²) in [5, 5.41) is 6.13. The molecule has 0 atom stereocenters. The topological polar surface area (TPSA) is 88.3 Å². The molecular weight excluding hydrogens is 372 g/mol.